The maximum absolute atomic E-state index is 12.7. The minimum absolute atomic E-state index is 0.181. The van der Waals surface area contributed by atoms with Crippen molar-refractivity contribution in [2.45, 2.75) is 25.7 Å². The predicted molar refractivity (Wildman–Crippen MR) is 125 cm³/mol. The summed E-state index contributed by atoms with van der Waals surface area (Å²) in [5.41, 5.74) is 4.80. The monoisotopic (exact) mass is 451 g/mol. The Morgan fingerprint density at radius 1 is 0.903 bits per heavy atom. The van der Waals surface area contributed by atoms with Crippen LogP contribution in [0.15, 0.2) is 65.6 Å². The summed E-state index contributed by atoms with van der Waals surface area (Å²) in [5, 5.41) is 3.18. The van der Waals surface area contributed by atoms with E-state index in [-0.39, 0.29) is 15.9 Å². The zero-order valence-electron chi connectivity index (χ0n) is 17.3. The number of amides is 1. The van der Waals surface area contributed by atoms with E-state index >= 15 is 0 Å². The van der Waals surface area contributed by atoms with Crippen LogP contribution < -0.4 is 10.0 Å². The lowest BCUT2D eigenvalue weighted by molar-refractivity contribution is 0.102. The SMILES string of the molecule is Cc1ccc(C(=O)Nc2cc(C)c3nc(NS(=O)(=O)c4ccc(C)cc4)sc3c2)cc1. The standard InChI is InChI=1S/C23H21N3O3S2/c1-14-4-8-17(9-5-14)22(27)24-18-12-16(3)21-20(13-18)30-23(25-21)26-31(28,29)19-10-6-15(2)7-11-19/h4-13H,1-3H3,(H,24,27)(H,25,26). The summed E-state index contributed by atoms with van der Waals surface area (Å²) in [5.74, 6) is -0.205. The number of hydrogen-bond donors (Lipinski definition) is 2. The number of rotatable bonds is 5. The highest BCUT2D eigenvalue weighted by molar-refractivity contribution is 7.93. The molecule has 158 valence electrons. The zero-order chi connectivity index (χ0) is 22.2. The smallest absolute Gasteiger partial charge is 0.263 e. The first-order valence-corrected chi connectivity index (χ1v) is 11.9. The molecule has 0 spiro atoms. The number of fused-ring (bicyclic) bond motifs is 1. The molecule has 0 aliphatic rings. The molecule has 2 N–H and O–H groups in total. The molecule has 1 amide bonds. The molecular weight excluding hydrogens is 430 g/mol. The Morgan fingerprint density at radius 3 is 2.16 bits per heavy atom. The lowest BCUT2D eigenvalue weighted by Gasteiger charge is -2.07. The Hall–Kier alpha value is -3.23. The van der Waals surface area contributed by atoms with Crippen LogP contribution in [0, 0.1) is 20.8 Å². The fourth-order valence-electron chi connectivity index (χ4n) is 3.11. The predicted octanol–water partition coefficient (Wildman–Crippen LogP) is 5.27. The Labute approximate surface area is 185 Å². The van der Waals surface area contributed by atoms with Gasteiger partial charge in [0.2, 0.25) is 0 Å². The highest BCUT2D eigenvalue weighted by Crippen LogP contribution is 2.32. The number of benzene rings is 3. The van der Waals surface area contributed by atoms with E-state index in [1.807, 2.05) is 39.0 Å². The van der Waals surface area contributed by atoms with Crippen LogP contribution in [0.25, 0.3) is 10.2 Å². The number of nitrogens with one attached hydrogen (secondary N) is 2. The third-order valence-corrected chi connectivity index (χ3v) is 7.21. The molecular formula is C23H21N3O3S2. The molecule has 31 heavy (non-hydrogen) atoms. The number of carbonyl (C=O) groups is 1. The molecule has 0 saturated heterocycles. The van der Waals surface area contributed by atoms with Gasteiger partial charge >= 0.3 is 0 Å². The summed E-state index contributed by atoms with van der Waals surface area (Å²) in [6.07, 6.45) is 0. The van der Waals surface area contributed by atoms with Crippen molar-refractivity contribution in [1.29, 1.82) is 0 Å². The van der Waals surface area contributed by atoms with E-state index in [4.69, 9.17) is 0 Å². The fraction of sp³-hybridized carbons (Fsp3) is 0.130. The summed E-state index contributed by atoms with van der Waals surface area (Å²) < 4.78 is 28.7. The molecule has 0 bridgehead atoms. The van der Waals surface area contributed by atoms with E-state index in [0.717, 1.165) is 21.4 Å². The van der Waals surface area contributed by atoms with Crippen molar-refractivity contribution in [2.75, 3.05) is 10.0 Å². The number of aryl methyl sites for hydroxylation is 3. The van der Waals surface area contributed by atoms with E-state index < -0.39 is 10.0 Å². The molecule has 4 rings (SSSR count). The van der Waals surface area contributed by atoms with Gasteiger partial charge in [0.1, 0.15) is 0 Å². The summed E-state index contributed by atoms with van der Waals surface area (Å²) in [7, 11) is -3.73. The maximum atomic E-state index is 12.7. The highest BCUT2D eigenvalue weighted by Gasteiger charge is 2.17. The maximum Gasteiger partial charge on any atom is 0.263 e. The third kappa shape index (κ3) is 4.60. The van der Waals surface area contributed by atoms with Crippen molar-refractivity contribution in [3.05, 3.63) is 82.9 Å². The minimum Gasteiger partial charge on any atom is -0.322 e. The molecule has 6 nitrogen and oxygen atoms in total. The number of carbonyl (C=O) groups excluding carboxylic acids is 1. The third-order valence-electron chi connectivity index (χ3n) is 4.81. The molecule has 1 heterocycles. The Bertz CT molecular complexity index is 1370. The van der Waals surface area contributed by atoms with Gasteiger partial charge in [0, 0.05) is 11.3 Å². The van der Waals surface area contributed by atoms with Gasteiger partial charge in [-0.1, -0.05) is 46.7 Å². The van der Waals surface area contributed by atoms with Gasteiger partial charge in [-0.3, -0.25) is 9.52 Å². The van der Waals surface area contributed by atoms with Crippen LogP contribution in [0.2, 0.25) is 0 Å². The average Bonchev–Trinajstić information content (AvgIpc) is 3.11. The van der Waals surface area contributed by atoms with Crippen LogP contribution >= 0.6 is 11.3 Å². The molecule has 0 unspecified atom stereocenters. The van der Waals surface area contributed by atoms with E-state index in [0.29, 0.717) is 16.8 Å². The van der Waals surface area contributed by atoms with E-state index in [1.54, 1.807) is 42.5 Å². The number of anilines is 2. The number of hydrogen-bond acceptors (Lipinski definition) is 5. The molecule has 0 fully saturated rings. The molecule has 0 radical (unpaired) electrons. The summed E-state index contributed by atoms with van der Waals surface area (Å²) >= 11 is 1.22. The molecule has 0 aliphatic carbocycles. The van der Waals surface area contributed by atoms with Crippen molar-refractivity contribution in [2.24, 2.45) is 0 Å². The van der Waals surface area contributed by atoms with Crippen LogP contribution in [-0.4, -0.2) is 19.3 Å². The number of thiazole rings is 1. The first-order valence-electron chi connectivity index (χ1n) is 9.60. The van der Waals surface area contributed by atoms with Crippen molar-refractivity contribution < 1.29 is 13.2 Å². The van der Waals surface area contributed by atoms with Crippen LogP contribution in [0.4, 0.5) is 10.8 Å². The second-order valence-corrected chi connectivity index (χ2v) is 10.1. The second kappa shape index (κ2) is 8.13. The molecule has 0 saturated carbocycles. The largest absolute Gasteiger partial charge is 0.322 e. The Balaban J connectivity index is 1.59. The van der Waals surface area contributed by atoms with Gasteiger partial charge in [-0.25, -0.2) is 13.4 Å². The number of nitrogens with zero attached hydrogens (tertiary/aromatic N) is 1. The lowest BCUT2D eigenvalue weighted by Crippen LogP contribution is -2.12. The number of sulfonamides is 1. The Morgan fingerprint density at radius 2 is 1.52 bits per heavy atom. The molecule has 1 aromatic heterocycles. The van der Waals surface area contributed by atoms with Crippen molar-refractivity contribution in [1.82, 2.24) is 4.98 Å². The zero-order valence-corrected chi connectivity index (χ0v) is 18.9. The van der Waals surface area contributed by atoms with Crippen molar-refractivity contribution in [3.63, 3.8) is 0 Å². The van der Waals surface area contributed by atoms with Gasteiger partial charge in [-0.15, -0.1) is 0 Å². The van der Waals surface area contributed by atoms with Crippen LogP contribution in [0.5, 0.6) is 0 Å². The van der Waals surface area contributed by atoms with Crippen molar-refractivity contribution in [3.8, 4) is 0 Å². The topological polar surface area (TPSA) is 88.2 Å². The normalized spacial score (nSPS) is 11.5. The van der Waals surface area contributed by atoms with Crippen LogP contribution in [0.1, 0.15) is 27.0 Å². The van der Waals surface area contributed by atoms with E-state index in [9.17, 15) is 13.2 Å². The van der Waals surface area contributed by atoms with Gasteiger partial charge in [-0.2, -0.15) is 0 Å². The first kappa shape index (κ1) is 21.0. The van der Waals surface area contributed by atoms with Crippen LogP contribution in [0.3, 0.4) is 0 Å². The Kier molecular flexibility index (Phi) is 5.51. The summed E-state index contributed by atoms with van der Waals surface area (Å²) in [4.78, 5) is 17.2. The molecule has 3 aromatic carbocycles. The van der Waals surface area contributed by atoms with Gasteiger partial charge in [-0.05, 0) is 62.7 Å². The quantitative estimate of drug-likeness (QED) is 0.432. The second-order valence-electron chi connectivity index (χ2n) is 7.40. The summed E-state index contributed by atoms with van der Waals surface area (Å²) in [6, 6.07) is 17.6. The van der Waals surface area contributed by atoms with Gasteiger partial charge < -0.3 is 5.32 Å². The lowest BCUT2D eigenvalue weighted by atomic mass is 10.1. The molecule has 4 aromatic rings. The number of aromatic nitrogens is 1. The molecule has 0 aliphatic heterocycles. The first-order chi connectivity index (χ1) is 14.7. The van der Waals surface area contributed by atoms with Crippen molar-refractivity contribution >= 4 is 48.3 Å². The van der Waals surface area contributed by atoms with Gasteiger partial charge in [0.05, 0.1) is 15.1 Å². The molecule has 0 atom stereocenters. The van der Waals surface area contributed by atoms with Gasteiger partial charge in [0.25, 0.3) is 15.9 Å². The van der Waals surface area contributed by atoms with E-state index in [2.05, 4.69) is 15.0 Å². The molecule has 8 heteroatoms. The van der Waals surface area contributed by atoms with Crippen LogP contribution in [-0.2, 0) is 10.0 Å². The highest BCUT2D eigenvalue weighted by atomic mass is 32.2. The average molecular weight is 452 g/mol. The fourth-order valence-corrected chi connectivity index (χ4v) is 5.33. The van der Waals surface area contributed by atoms with E-state index in [1.165, 1.54) is 11.3 Å². The van der Waals surface area contributed by atoms with Gasteiger partial charge in [0.15, 0.2) is 5.13 Å². The minimum atomic E-state index is -3.73. The summed E-state index contributed by atoms with van der Waals surface area (Å²) in [6.45, 7) is 5.74.